The standard InChI is InChI=1S/C15H17F2N3O3S/c1-10-15(11(2)23-18-10)24(21,22)20-7-5-19(6-8-20)12-3-4-13(16)14(17)9-12/h3-4,9H,5-8H2,1-2H3. The van der Waals surface area contributed by atoms with Gasteiger partial charge in [-0.25, -0.2) is 17.2 Å². The van der Waals surface area contributed by atoms with E-state index < -0.39 is 21.7 Å². The average Bonchev–Trinajstić information content (AvgIpc) is 2.89. The van der Waals surface area contributed by atoms with Gasteiger partial charge >= 0.3 is 0 Å². The number of nitrogens with zero attached hydrogens (tertiary/aromatic N) is 3. The van der Waals surface area contributed by atoms with Crippen LogP contribution in [0.4, 0.5) is 14.5 Å². The second-order valence-corrected chi connectivity index (χ2v) is 7.52. The predicted molar refractivity (Wildman–Crippen MR) is 83.3 cm³/mol. The first-order valence-electron chi connectivity index (χ1n) is 7.43. The first-order valence-corrected chi connectivity index (χ1v) is 8.87. The van der Waals surface area contributed by atoms with Crippen LogP contribution in [0.2, 0.25) is 0 Å². The molecule has 9 heteroatoms. The zero-order valence-electron chi connectivity index (χ0n) is 13.3. The Morgan fingerprint density at radius 1 is 1.08 bits per heavy atom. The Labute approximate surface area is 138 Å². The molecular formula is C15H17F2N3O3S. The van der Waals surface area contributed by atoms with Crippen LogP contribution in [0.25, 0.3) is 0 Å². The van der Waals surface area contributed by atoms with Gasteiger partial charge in [-0.05, 0) is 26.0 Å². The van der Waals surface area contributed by atoms with Crippen LogP contribution in [0.5, 0.6) is 0 Å². The molecule has 0 N–H and O–H groups in total. The summed E-state index contributed by atoms with van der Waals surface area (Å²) in [4.78, 5) is 1.92. The van der Waals surface area contributed by atoms with Crippen molar-refractivity contribution in [3.63, 3.8) is 0 Å². The van der Waals surface area contributed by atoms with Crippen LogP contribution < -0.4 is 4.90 Å². The van der Waals surface area contributed by atoms with E-state index in [1.54, 1.807) is 13.8 Å². The number of aromatic nitrogens is 1. The molecule has 1 aromatic heterocycles. The number of hydrogen-bond acceptors (Lipinski definition) is 5. The minimum atomic E-state index is -3.68. The van der Waals surface area contributed by atoms with E-state index in [0.717, 1.165) is 12.1 Å². The van der Waals surface area contributed by atoms with Gasteiger partial charge < -0.3 is 9.42 Å². The van der Waals surface area contributed by atoms with Crippen LogP contribution >= 0.6 is 0 Å². The molecule has 0 radical (unpaired) electrons. The first kappa shape index (κ1) is 16.8. The molecule has 0 spiro atoms. The van der Waals surface area contributed by atoms with Gasteiger partial charge in [-0.2, -0.15) is 4.31 Å². The van der Waals surface area contributed by atoms with Crippen molar-refractivity contribution in [3.8, 4) is 0 Å². The molecule has 3 rings (SSSR count). The Kier molecular flexibility index (Phi) is 4.31. The molecule has 1 fully saturated rings. The molecule has 0 atom stereocenters. The Bertz CT molecular complexity index is 839. The predicted octanol–water partition coefficient (Wildman–Crippen LogP) is 2.08. The Hall–Kier alpha value is -2.00. The summed E-state index contributed by atoms with van der Waals surface area (Å²) in [7, 11) is -3.68. The SMILES string of the molecule is Cc1noc(C)c1S(=O)(=O)N1CCN(c2ccc(F)c(F)c2)CC1. The lowest BCUT2D eigenvalue weighted by atomic mass is 10.2. The second-order valence-electron chi connectivity index (χ2n) is 5.64. The van der Waals surface area contributed by atoms with Crippen molar-refractivity contribution >= 4 is 15.7 Å². The Morgan fingerprint density at radius 2 is 1.75 bits per heavy atom. The van der Waals surface area contributed by atoms with Crippen LogP contribution in [0.15, 0.2) is 27.6 Å². The molecular weight excluding hydrogens is 340 g/mol. The van der Waals surface area contributed by atoms with Crippen molar-refractivity contribution in [2.24, 2.45) is 0 Å². The molecule has 1 aliphatic heterocycles. The number of aryl methyl sites for hydroxylation is 2. The molecule has 0 unspecified atom stereocenters. The smallest absolute Gasteiger partial charge is 0.248 e. The molecule has 0 bridgehead atoms. The molecule has 2 heterocycles. The Balaban J connectivity index is 1.76. The Morgan fingerprint density at radius 3 is 2.29 bits per heavy atom. The lowest BCUT2D eigenvalue weighted by Crippen LogP contribution is -2.48. The van der Waals surface area contributed by atoms with Crippen molar-refractivity contribution < 1.29 is 21.7 Å². The van der Waals surface area contributed by atoms with Crippen LogP contribution in [-0.4, -0.2) is 44.1 Å². The van der Waals surface area contributed by atoms with E-state index >= 15 is 0 Å². The maximum Gasteiger partial charge on any atom is 0.248 e. The van der Waals surface area contributed by atoms with Gasteiger partial charge in [-0.1, -0.05) is 5.16 Å². The lowest BCUT2D eigenvalue weighted by Gasteiger charge is -2.35. The zero-order chi connectivity index (χ0) is 17.5. The maximum atomic E-state index is 13.3. The van der Waals surface area contributed by atoms with Gasteiger partial charge in [-0.15, -0.1) is 0 Å². The first-order chi connectivity index (χ1) is 11.3. The van der Waals surface area contributed by atoms with E-state index in [4.69, 9.17) is 4.52 Å². The minimum Gasteiger partial charge on any atom is -0.369 e. The molecule has 24 heavy (non-hydrogen) atoms. The molecule has 0 aliphatic carbocycles. The molecule has 1 aromatic carbocycles. The quantitative estimate of drug-likeness (QED) is 0.841. The zero-order valence-corrected chi connectivity index (χ0v) is 14.1. The van der Waals surface area contributed by atoms with E-state index in [9.17, 15) is 17.2 Å². The van der Waals surface area contributed by atoms with Crippen molar-refractivity contribution in [3.05, 3.63) is 41.3 Å². The normalized spacial score (nSPS) is 16.6. The summed E-state index contributed by atoms with van der Waals surface area (Å²) in [5.74, 6) is -1.56. The minimum absolute atomic E-state index is 0.101. The van der Waals surface area contributed by atoms with Gasteiger partial charge in [-0.3, -0.25) is 0 Å². The number of anilines is 1. The summed E-state index contributed by atoms with van der Waals surface area (Å²) in [6.07, 6.45) is 0. The summed E-state index contributed by atoms with van der Waals surface area (Å²) in [5.41, 5.74) is 0.860. The monoisotopic (exact) mass is 357 g/mol. The fourth-order valence-electron chi connectivity index (χ4n) is 2.84. The highest BCUT2D eigenvalue weighted by atomic mass is 32.2. The third kappa shape index (κ3) is 2.89. The molecule has 6 nitrogen and oxygen atoms in total. The third-order valence-electron chi connectivity index (χ3n) is 4.07. The third-order valence-corrected chi connectivity index (χ3v) is 6.22. The van der Waals surface area contributed by atoms with E-state index in [-0.39, 0.29) is 23.7 Å². The number of benzene rings is 1. The highest BCUT2D eigenvalue weighted by Gasteiger charge is 2.33. The van der Waals surface area contributed by atoms with Crippen molar-refractivity contribution in [1.29, 1.82) is 0 Å². The summed E-state index contributed by atoms with van der Waals surface area (Å²) < 4.78 is 58.1. The summed E-state index contributed by atoms with van der Waals surface area (Å²) in [6.45, 7) is 4.39. The fraction of sp³-hybridized carbons (Fsp3) is 0.400. The summed E-state index contributed by atoms with van der Waals surface area (Å²) >= 11 is 0. The van der Waals surface area contributed by atoms with E-state index in [1.165, 1.54) is 10.4 Å². The molecule has 1 saturated heterocycles. The highest BCUT2D eigenvalue weighted by Crippen LogP contribution is 2.26. The van der Waals surface area contributed by atoms with Gasteiger partial charge in [0.05, 0.1) is 0 Å². The van der Waals surface area contributed by atoms with Crippen molar-refractivity contribution in [2.45, 2.75) is 18.7 Å². The highest BCUT2D eigenvalue weighted by molar-refractivity contribution is 7.89. The van der Waals surface area contributed by atoms with Crippen LogP contribution in [-0.2, 0) is 10.0 Å². The fourth-order valence-corrected chi connectivity index (χ4v) is 4.55. The lowest BCUT2D eigenvalue weighted by molar-refractivity contribution is 0.378. The van der Waals surface area contributed by atoms with E-state index in [2.05, 4.69) is 5.16 Å². The number of halogens is 2. The van der Waals surface area contributed by atoms with Crippen molar-refractivity contribution in [1.82, 2.24) is 9.46 Å². The van der Waals surface area contributed by atoms with Gasteiger partial charge in [0.2, 0.25) is 10.0 Å². The maximum absolute atomic E-state index is 13.3. The number of rotatable bonds is 3. The second kappa shape index (κ2) is 6.14. The van der Waals surface area contributed by atoms with E-state index in [0.29, 0.717) is 24.5 Å². The molecule has 1 aliphatic rings. The number of piperazine rings is 1. The van der Waals surface area contributed by atoms with Crippen LogP contribution in [0.1, 0.15) is 11.5 Å². The average molecular weight is 357 g/mol. The van der Waals surface area contributed by atoms with Crippen LogP contribution in [0, 0.1) is 25.5 Å². The summed E-state index contributed by atoms with van der Waals surface area (Å²) in [5, 5.41) is 3.69. The van der Waals surface area contributed by atoms with Gasteiger partial charge in [0.15, 0.2) is 17.4 Å². The van der Waals surface area contributed by atoms with E-state index in [1.807, 2.05) is 4.90 Å². The molecule has 0 saturated carbocycles. The largest absolute Gasteiger partial charge is 0.369 e. The van der Waals surface area contributed by atoms with Gasteiger partial charge in [0.1, 0.15) is 10.6 Å². The number of sulfonamides is 1. The molecule has 130 valence electrons. The summed E-state index contributed by atoms with van der Waals surface area (Å²) in [6, 6.07) is 3.67. The number of hydrogen-bond donors (Lipinski definition) is 0. The molecule has 2 aromatic rings. The molecule has 0 amide bonds. The van der Waals surface area contributed by atoms with Gasteiger partial charge in [0, 0.05) is 37.9 Å². The van der Waals surface area contributed by atoms with Gasteiger partial charge in [0.25, 0.3) is 0 Å². The van der Waals surface area contributed by atoms with Crippen molar-refractivity contribution in [2.75, 3.05) is 31.1 Å². The van der Waals surface area contributed by atoms with Crippen LogP contribution in [0.3, 0.4) is 0 Å². The topological polar surface area (TPSA) is 66.7 Å².